The Balaban J connectivity index is 2.11. The lowest BCUT2D eigenvalue weighted by atomic mass is 10.0. The van der Waals surface area contributed by atoms with Crippen LogP contribution in [0.25, 0.3) is 0 Å². The fourth-order valence-corrected chi connectivity index (χ4v) is 3.08. The zero-order chi connectivity index (χ0) is 15.5. The standard InChI is InChI=1S/C15H21N3O2S/c1-4-18-14(9-10-16-18)11-17-21(19,20)15-7-5-13(6-8-15)12(2)3/h5-10,12,17H,4,11H2,1-3H3. The third kappa shape index (κ3) is 3.71. The summed E-state index contributed by atoms with van der Waals surface area (Å²) in [6, 6.07) is 8.82. The summed E-state index contributed by atoms with van der Waals surface area (Å²) in [5.41, 5.74) is 1.97. The van der Waals surface area contributed by atoms with E-state index < -0.39 is 10.0 Å². The van der Waals surface area contributed by atoms with Gasteiger partial charge in [-0.3, -0.25) is 4.68 Å². The minimum atomic E-state index is -3.49. The number of aromatic nitrogens is 2. The summed E-state index contributed by atoms with van der Waals surface area (Å²) in [5.74, 6) is 0.383. The van der Waals surface area contributed by atoms with E-state index >= 15 is 0 Å². The van der Waals surface area contributed by atoms with Gasteiger partial charge in [-0.1, -0.05) is 26.0 Å². The van der Waals surface area contributed by atoms with Gasteiger partial charge >= 0.3 is 0 Å². The maximum atomic E-state index is 12.3. The van der Waals surface area contributed by atoms with E-state index in [2.05, 4.69) is 23.7 Å². The summed E-state index contributed by atoms with van der Waals surface area (Å²) in [6.07, 6.45) is 1.67. The molecule has 0 atom stereocenters. The predicted octanol–water partition coefficient (Wildman–Crippen LogP) is 2.50. The first-order chi connectivity index (χ1) is 9.94. The Morgan fingerprint density at radius 1 is 1.19 bits per heavy atom. The molecule has 5 nitrogen and oxygen atoms in total. The number of aryl methyl sites for hydroxylation is 1. The molecule has 21 heavy (non-hydrogen) atoms. The molecule has 0 amide bonds. The van der Waals surface area contributed by atoms with Crippen molar-refractivity contribution in [1.82, 2.24) is 14.5 Å². The first-order valence-corrected chi connectivity index (χ1v) is 8.52. The van der Waals surface area contributed by atoms with Gasteiger partial charge in [0.2, 0.25) is 10.0 Å². The highest BCUT2D eigenvalue weighted by molar-refractivity contribution is 7.89. The van der Waals surface area contributed by atoms with Crippen LogP contribution in [0, 0.1) is 0 Å². The second-order valence-corrected chi connectivity index (χ2v) is 6.95. The van der Waals surface area contributed by atoms with E-state index in [0.29, 0.717) is 12.5 Å². The van der Waals surface area contributed by atoms with Crippen LogP contribution in [0.1, 0.15) is 37.9 Å². The number of benzene rings is 1. The smallest absolute Gasteiger partial charge is 0.240 e. The minimum Gasteiger partial charge on any atom is -0.269 e. The van der Waals surface area contributed by atoms with Crippen LogP contribution in [0.2, 0.25) is 0 Å². The summed E-state index contributed by atoms with van der Waals surface area (Å²) in [4.78, 5) is 0.287. The molecule has 0 saturated heterocycles. The van der Waals surface area contributed by atoms with Crippen molar-refractivity contribution in [3.05, 3.63) is 47.8 Å². The molecule has 0 fully saturated rings. The highest BCUT2D eigenvalue weighted by Crippen LogP contribution is 2.17. The average molecular weight is 307 g/mol. The van der Waals surface area contributed by atoms with Gasteiger partial charge in [0.25, 0.3) is 0 Å². The molecule has 2 aromatic rings. The second kappa shape index (κ2) is 6.41. The highest BCUT2D eigenvalue weighted by atomic mass is 32.2. The minimum absolute atomic E-state index is 0.238. The Hall–Kier alpha value is -1.66. The summed E-state index contributed by atoms with van der Waals surface area (Å²) < 4.78 is 28.9. The number of sulfonamides is 1. The Bertz CT molecular complexity index is 688. The van der Waals surface area contributed by atoms with Gasteiger partial charge in [-0.05, 0) is 36.6 Å². The molecule has 114 valence electrons. The molecule has 0 saturated carbocycles. The number of hydrogen-bond donors (Lipinski definition) is 1. The molecule has 1 aromatic heterocycles. The lowest BCUT2D eigenvalue weighted by Crippen LogP contribution is -2.24. The summed E-state index contributed by atoms with van der Waals surface area (Å²) in [6.45, 7) is 7.08. The lowest BCUT2D eigenvalue weighted by Gasteiger charge is -2.10. The first kappa shape index (κ1) is 15.7. The van der Waals surface area contributed by atoms with Crippen LogP contribution in [0.4, 0.5) is 0 Å². The second-order valence-electron chi connectivity index (χ2n) is 5.19. The van der Waals surface area contributed by atoms with Crippen LogP contribution in [-0.2, 0) is 23.1 Å². The maximum absolute atomic E-state index is 12.3. The topological polar surface area (TPSA) is 64.0 Å². The molecule has 1 heterocycles. The van der Waals surface area contributed by atoms with E-state index in [1.165, 1.54) is 0 Å². The molecule has 1 aromatic carbocycles. The van der Waals surface area contributed by atoms with Crippen molar-refractivity contribution < 1.29 is 8.42 Å². The Morgan fingerprint density at radius 2 is 1.86 bits per heavy atom. The van der Waals surface area contributed by atoms with E-state index in [1.807, 2.05) is 25.1 Å². The van der Waals surface area contributed by atoms with Gasteiger partial charge < -0.3 is 0 Å². The SMILES string of the molecule is CCn1nccc1CNS(=O)(=O)c1ccc(C(C)C)cc1. The average Bonchev–Trinajstić information content (AvgIpc) is 2.93. The van der Waals surface area contributed by atoms with Crippen LogP contribution in [0.3, 0.4) is 0 Å². The number of hydrogen-bond acceptors (Lipinski definition) is 3. The van der Waals surface area contributed by atoms with Crippen LogP contribution < -0.4 is 4.72 Å². The fourth-order valence-electron chi connectivity index (χ4n) is 2.08. The van der Waals surface area contributed by atoms with E-state index in [4.69, 9.17) is 0 Å². The predicted molar refractivity (Wildman–Crippen MR) is 82.5 cm³/mol. The van der Waals surface area contributed by atoms with Crippen molar-refractivity contribution >= 4 is 10.0 Å². The monoisotopic (exact) mass is 307 g/mol. The van der Waals surface area contributed by atoms with Gasteiger partial charge in [-0.2, -0.15) is 5.10 Å². The highest BCUT2D eigenvalue weighted by Gasteiger charge is 2.15. The molecule has 0 bridgehead atoms. The Kier molecular flexibility index (Phi) is 4.80. The molecule has 2 rings (SSSR count). The third-order valence-electron chi connectivity index (χ3n) is 3.40. The van der Waals surface area contributed by atoms with Crippen LogP contribution in [-0.4, -0.2) is 18.2 Å². The summed E-state index contributed by atoms with van der Waals surface area (Å²) in [7, 11) is -3.49. The van der Waals surface area contributed by atoms with Crippen molar-refractivity contribution in [1.29, 1.82) is 0 Å². The van der Waals surface area contributed by atoms with Gasteiger partial charge in [0.15, 0.2) is 0 Å². The maximum Gasteiger partial charge on any atom is 0.240 e. The van der Waals surface area contributed by atoms with Crippen molar-refractivity contribution in [3.63, 3.8) is 0 Å². The third-order valence-corrected chi connectivity index (χ3v) is 4.82. The lowest BCUT2D eigenvalue weighted by molar-refractivity contribution is 0.570. The Labute approximate surface area is 126 Å². The van der Waals surface area contributed by atoms with Crippen LogP contribution in [0.15, 0.2) is 41.4 Å². The quantitative estimate of drug-likeness (QED) is 0.892. The Morgan fingerprint density at radius 3 is 2.43 bits per heavy atom. The molecule has 0 spiro atoms. The van der Waals surface area contributed by atoms with Crippen LogP contribution in [0.5, 0.6) is 0 Å². The van der Waals surface area contributed by atoms with Crippen molar-refractivity contribution in [3.8, 4) is 0 Å². The molecule has 0 aliphatic carbocycles. The molecule has 6 heteroatoms. The zero-order valence-corrected chi connectivity index (χ0v) is 13.4. The number of nitrogens with one attached hydrogen (secondary N) is 1. The van der Waals surface area contributed by atoms with E-state index in [-0.39, 0.29) is 11.4 Å². The number of nitrogens with zero attached hydrogens (tertiary/aromatic N) is 2. The van der Waals surface area contributed by atoms with Gasteiger partial charge in [-0.15, -0.1) is 0 Å². The number of rotatable bonds is 6. The molecule has 0 radical (unpaired) electrons. The van der Waals surface area contributed by atoms with E-state index in [0.717, 1.165) is 11.3 Å². The van der Waals surface area contributed by atoms with E-state index in [1.54, 1.807) is 23.0 Å². The molecule has 0 aliphatic heterocycles. The van der Waals surface area contributed by atoms with Gasteiger partial charge in [0.05, 0.1) is 17.1 Å². The normalized spacial score (nSPS) is 12.0. The molecule has 0 aliphatic rings. The van der Waals surface area contributed by atoms with Gasteiger partial charge in [-0.25, -0.2) is 13.1 Å². The van der Waals surface area contributed by atoms with Crippen molar-refractivity contribution in [2.75, 3.05) is 0 Å². The largest absolute Gasteiger partial charge is 0.269 e. The van der Waals surface area contributed by atoms with Crippen LogP contribution >= 0.6 is 0 Å². The van der Waals surface area contributed by atoms with Crippen molar-refractivity contribution in [2.24, 2.45) is 0 Å². The fraction of sp³-hybridized carbons (Fsp3) is 0.400. The summed E-state index contributed by atoms with van der Waals surface area (Å²) in [5, 5.41) is 4.12. The molecule has 0 unspecified atom stereocenters. The van der Waals surface area contributed by atoms with Crippen molar-refractivity contribution in [2.45, 2.75) is 44.7 Å². The van der Waals surface area contributed by atoms with Gasteiger partial charge in [0, 0.05) is 12.7 Å². The summed E-state index contributed by atoms with van der Waals surface area (Å²) >= 11 is 0. The van der Waals surface area contributed by atoms with Gasteiger partial charge in [0.1, 0.15) is 0 Å². The molecular weight excluding hydrogens is 286 g/mol. The molecule has 1 N–H and O–H groups in total. The first-order valence-electron chi connectivity index (χ1n) is 7.04. The van der Waals surface area contributed by atoms with E-state index in [9.17, 15) is 8.42 Å². The molecular formula is C15H21N3O2S. The zero-order valence-electron chi connectivity index (χ0n) is 12.6.